The summed E-state index contributed by atoms with van der Waals surface area (Å²) in [5.74, 6) is 0. The highest BCUT2D eigenvalue weighted by Crippen LogP contribution is 2.14. The van der Waals surface area contributed by atoms with E-state index in [-0.39, 0.29) is 5.43 Å². The van der Waals surface area contributed by atoms with Gasteiger partial charge in [0.15, 0.2) is 0 Å². The number of benzene rings is 1. The maximum Gasteiger partial charge on any atom is 0.215 e. The van der Waals surface area contributed by atoms with E-state index in [1.54, 1.807) is 17.9 Å². The Kier molecular flexibility index (Phi) is 1.68. The Hall–Kier alpha value is -2.10. The van der Waals surface area contributed by atoms with E-state index in [0.717, 1.165) is 22.0 Å². The van der Waals surface area contributed by atoms with Crippen LogP contribution in [0.4, 0.5) is 0 Å². The van der Waals surface area contributed by atoms with Crippen molar-refractivity contribution in [3.8, 4) is 0 Å². The minimum atomic E-state index is 0.0347. The highest BCUT2D eigenvalue weighted by Gasteiger charge is 2.08. The molecule has 16 heavy (non-hydrogen) atoms. The second-order valence-corrected chi connectivity index (χ2v) is 4.03. The molecular weight excluding hydrogens is 202 g/mol. The molecule has 0 fully saturated rings. The highest BCUT2D eigenvalue weighted by molar-refractivity contribution is 5.90. The summed E-state index contributed by atoms with van der Waals surface area (Å²) < 4.78 is 1.61. The lowest BCUT2D eigenvalue weighted by Crippen LogP contribution is -2.08. The van der Waals surface area contributed by atoms with Crippen molar-refractivity contribution >= 4 is 21.9 Å². The van der Waals surface area contributed by atoms with Crippen LogP contribution in [0.5, 0.6) is 0 Å². The lowest BCUT2D eigenvalue weighted by molar-refractivity contribution is 0.795. The summed E-state index contributed by atoms with van der Waals surface area (Å²) in [5.41, 5.74) is 3.38. The van der Waals surface area contributed by atoms with E-state index in [2.05, 4.69) is 10.1 Å². The maximum atomic E-state index is 12.2. The van der Waals surface area contributed by atoms with Crippen molar-refractivity contribution in [1.29, 1.82) is 0 Å². The number of nitrogens with one attached hydrogen (secondary N) is 1. The van der Waals surface area contributed by atoms with Crippen LogP contribution in [0.3, 0.4) is 0 Å². The number of fused-ring (bicyclic) bond motifs is 2. The zero-order chi connectivity index (χ0) is 11.3. The number of H-pyrrole nitrogens is 1. The quantitative estimate of drug-likeness (QED) is 0.618. The molecule has 2 heterocycles. The minimum absolute atomic E-state index is 0.0347. The van der Waals surface area contributed by atoms with Gasteiger partial charge in [-0.1, -0.05) is 11.6 Å². The Balaban J connectivity index is 2.64. The molecule has 0 aliphatic rings. The second kappa shape index (κ2) is 2.95. The third kappa shape index (κ3) is 1.10. The van der Waals surface area contributed by atoms with Gasteiger partial charge < -0.3 is 4.98 Å². The van der Waals surface area contributed by atoms with Crippen molar-refractivity contribution in [2.24, 2.45) is 7.05 Å². The molecule has 0 saturated heterocycles. The Morgan fingerprint density at radius 3 is 2.94 bits per heavy atom. The van der Waals surface area contributed by atoms with Crippen LogP contribution >= 0.6 is 0 Å². The zero-order valence-electron chi connectivity index (χ0n) is 9.11. The van der Waals surface area contributed by atoms with Gasteiger partial charge in [-0.05, 0) is 19.1 Å². The summed E-state index contributed by atoms with van der Waals surface area (Å²) in [6, 6.07) is 5.82. The minimum Gasteiger partial charge on any atom is -0.352 e. The molecule has 4 heteroatoms. The monoisotopic (exact) mass is 213 g/mol. The molecule has 0 spiro atoms. The molecular formula is C12H11N3O. The van der Waals surface area contributed by atoms with Crippen LogP contribution in [0.15, 0.2) is 29.2 Å². The summed E-state index contributed by atoms with van der Waals surface area (Å²) in [6.07, 6.45) is 1.68. The van der Waals surface area contributed by atoms with Gasteiger partial charge in [-0.25, -0.2) is 0 Å². The predicted octanol–water partition coefficient (Wildman–Crippen LogP) is 1.72. The molecule has 0 unspecified atom stereocenters. The van der Waals surface area contributed by atoms with E-state index in [9.17, 15) is 4.79 Å². The van der Waals surface area contributed by atoms with E-state index in [0.29, 0.717) is 5.52 Å². The first-order valence-electron chi connectivity index (χ1n) is 5.11. The van der Waals surface area contributed by atoms with Crippen LogP contribution in [0.25, 0.3) is 21.9 Å². The fraction of sp³-hybridized carbons (Fsp3) is 0.167. The van der Waals surface area contributed by atoms with Crippen LogP contribution in [0.1, 0.15) is 5.56 Å². The summed E-state index contributed by atoms with van der Waals surface area (Å²) in [5, 5.41) is 4.81. The molecule has 0 atom stereocenters. The van der Waals surface area contributed by atoms with Gasteiger partial charge in [-0.3, -0.25) is 9.48 Å². The first kappa shape index (κ1) is 9.15. The Morgan fingerprint density at radius 1 is 1.31 bits per heavy atom. The standard InChI is InChI=1S/C12H11N3O/c1-7-3-4-9-8(5-7)12(16)11-10(14-9)6-13-15(11)2/h3-6H,1-2H3,(H,14,16). The van der Waals surface area contributed by atoms with E-state index >= 15 is 0 Å². The van der Waals surface area contributed by atoms with Gasteiger partial charge in [0.05, 0.1) is 11.7 Å². The molecule has 1 N–H and O–H groups in total. The van der Waals surface area contributed by atoms with Crippen molar-refractivity contribution in [3.05, 3.63) is 40.2 Å². The molecule has 0 aliphatic carbocycles. The smallest absolute Gasteiger partial charge is 0.215 e. The lowest BCUT2D eigenvalue weighted by atomic mass is 10.1. The van der Waals surface area contributed by atoms with Crippen LogP contribution < -0.4 is 5.43 Å². The number of hydrogen-bond acceptors (Lipinski definition) is 2. The molecule has 0 aliphatic heterocycles. The van der Waals surface area contributed by atoms with Gasteiger partial charge in [0, 0.05) is 18.0 Å². The van der Waals surface area contributed by atoms with E-state index in [1.165, 1.54) is 0 Å². The molecule has 0 amide bonds. The summed E-state index contributed by atoms with van der Waals surface area (Å²) in [7, 11) is 1.78. The topological polar surface area (TPSA) is 50.7 Å². The van der Waals surface area contributed by atoms with Gasteiger partial charge >= 0.3 is 0 Å². The largest absolute Gasteiger partial charge is 0.352 e. The van der Waals surface area contributed by atoms with Crippen LogP contribution in [-0.4, -0.2) is 14.8 Å². The average Bonchev–Trinajstić information content (AvgIpc) is 2.62. The van der Waals surface area contributed by atoms with Gasteiger partial charge in [0.2, 0.25) is 5.43 Å². The van der Waals surface area contributed by atoms with Crippen LogP contribution in [0, 0.1) is 6.92 Å². The second-order valence-electron chi connectivity index (χ2n) is 4.03. The van der Waals surface area contributed by atoms with Gasteiger partial charge in [-0.2, -0.15) is 5.10 Å². The molecule has 0 bridgehead atoms. The van der Waals surface area contributed by atoms with E-state index < -0.39 is 0 Å². The van der Waals surface area contributed by atoms with Gasteiger partial charge in [0.1, 0.15) is 5.52 Å². The number of nitrogens with zero attached hydrogens (tertiary/aromatic N) is 2. The number of rotatable bonds is 0. The number of aromatic amines is 1. The van der Waals surface area contributed by atoms with Gasteiger partial charge in [0.25, 0.3) is 0 Å². The normalized spacial score (nSPS) is 11.4. The van der Waals surface area contributed by atoms with Crippen molar-refractivity contribution < 1.29 is 0 Å². The third-order valence-electron chi connectivity index (χ3n) is 2.84. The van der Waals surface area contributed by atoms with Crippen molar-refractivity contribution in [2.75, 3.05) is 0 Å². The number of hydrogen-bond donors (Lipinski definition) is 1. The van der Waals surface area contributed by atoms with Crippen molar-refractivity contribution in [3.63, 3.8) is 0 Å². The fourth-order valence-corrected chi connectivity index (χ4v) is 2.03. The zero-order valence-corrected chi connectivity index (χ0v) is 9.11. The van der Waals surface area contributed by atoms with Crippen LogP contribution in [0.2, 0.25) is 0 Å². The summed E-state index contributed by atoms with van der Waals surface area (Å²) >= 11 is 0. The van der Waals surface area contributed by atoms with E-state index in [4.69, 9.17) is 0 Å². The summed E-state index contributed by atoms with van der Waals surface area (Å²) in [6.45, 7) is 1.98. The molecule has 1 aromatic carbocycles. The van der Waals surface area contributed by atoms with Crippen molar-refractivity contribution in [1.82, 2.24) is 14.8 Å². The maximum absolute atomic E-state index is 12.2. The molecule has 2 aromatic heterocycles. The molecule has 3 rings (SSSR count). The molecule has 4 nitrogen and oxygen atoms in total. The third-order valence-corrected chi connectivity index (χ3v) is 2.84. The average molecular weight is 213 g/mol. The van der Waals surface area contributed by atoms with E-state index in [1.807, 2.05) is 25.1 Å². The number of pyridine rings is 1. The van der Waals surface area contributed by atoms with Gasteiger partial charge in [-0.15, -0.1) is 0 Å². The van der Waals surface area contributed by atoms with Crippen LogP contribution in [-0.2, 0) is 7.05 Å². The first-order valence-corrected chi connectivity index (χ1v) is 5.11. The molecule has 80 valence electrons. The summed E-state index contributed by atoms with van der Waals surface area (Å²) in [4.78, 5) is 15.5. The predicted molar refractivity (Wildman–Crippen MR) is 63.6 cm³/mol. The molecule has 3 aromatic rings. The molecule has 0 radical (unpaired) electrons. The SMILES string of the molecule is Cc1ccc2[nH]c3cnn(C)c3c(=O)c2c1. The first-order chi connectivity index (χ1) is 7.66. The highest BCUT2D eigenvalue weighted by atomic mass is 16.1. The Morgan fingerprint density at radius 2 is 2.12 bits per heavy atom. The number of aromatic nitrogens is 3. The van der Waals surface area contributed by atoms with Crippen molar-refractivity contribution in [2.45, 2.75) is 6.92 Å². The number of aryl methyl sites for hydroxylation is 2. The lowest BCUT2D eigenvalue weighted by Gasteiger charge is -2.00. The fourth-order valence-electron chi connectivity index (χ4n) is 2.03. The Labute approximate surface area is 91.5 Å². The molecule has 0 saturated carbocycles. The Bertz CT molecular complexity index is 752.